The Labute approximate surface area is 141 Å². The van der Waals surface area contributed by atoms with Crippen LogP contribution in [0.25, 0.3) is 0 Å². The molecule has 126 valence electrons. The van der Waals surface area contributed by atoms with Gasteiger partial charge in [-0.2, -0.15) is 0 Å². The molecule has 3 rings (SSSR count). The number of carbonyl (C=O) groups excluding carboxylic acids is 1. The van der Waals surface area contributed by atoms with E-state index in [1.807, 2.05) is 18.2 Å². The highest BCUT2D eigenvalue weighted by molar-refractivity contribution is 5.94. The van der Waals surface area contributed by atoms with E-state index in [4.69, 9.17) is 4.74 Å². The van der Waals surface area contributed by atoms with Crippen LogP contribution in [-0.4, -0.2) is 36.0 Å². The van der Waals surface area contributed by atoms with Gasteiger partial charge in [-0.15, -0.1) is 0 Å². The summed E-state index contributed by atoms with van der Waals surface area (Å²) in [6, 6.07) is 9.48. The first-order valence-corrected chi connectivity index (χ1v) is 8.19. The molecule has 5 heteroatoms. The Hall–Kier alpha value is -2.43. The number of nitrogens with zero attached hydrogens (tertiary/aromatic N) is 2. The molecule has 0 aliphatic carbocycles. The van der Waals surface area contributed by atoms with Gasteiger partial charge in [-0.05, 0) is 42.9 Å². The molecule has 24 heavy (non-hydrogen) atoms. The highest BCUT2D eigenvalue weighted by atomic mass is 19.1. The molecule has 0 unspecified atom stereocenters. The second-order valence-electron chi connectivity index (χ2n) is 6.11. The van der Waals surface area contributed by atoms with Crippen molar-refractivity contribution in [2.24, 2.45) is 5.92 Å². The summed E-state index contributed by atoms with van der Waals surface area (Å²) in [7, 11) is 1.68. The summed E-state index contributed by atoms with van der Waals surface area (Å²) in [5.41, 5.74) is 1.30. The minimum absolute atomic E-state index is 0.105. The number of piperidine rings is 1. The van der Waals surface area contributed by atoms with Gasteiger partial charge in [0.05, 0.1) is 18.9 Å². The molecule has 1 aliphatic heterocycles. The van der Waals surface area contributed by atoms with Crippen molar-refractivity contribution >= 4 is 5.91 Å². The first kappa shape index (κ1) is 16.4. The number of hydrogen-bond donors (Lipinski definition) is 0. The third kappa shape index (κ3) is 3.55. The van der Waals surface area contributed by atoms with Crippen LogP contribution >= 0.6 is 0 Å². The summed E-state index contributed by atoms with van der Waals surface area (Å²) in [5.74, 6) is 0.617. The van der Waals surface area contributed by atoms with E-state index in [0.29, 0.717) is 19.0 Å². The summed E-state index contributed by atoms with van der Waals surface area (Å²) in [6.45, 7) is 1.31. The minimum Gasteiger partial charge on any atom is -0.496 e. The third-order valence-corrected chi connectivity index (χ3v) is 4.61. The fraction of sp³-hybridized carbons (Fsp3) is 0.368. The second-order valence-corrected chi connectivity index (χ2v) is 6.11. The molecule has 0 radical (unpaired) electrons. The molecule has 0 spiro atoms. The van der Waals surface area contributed by atoms with Crippen molar-refractivity contribution in [2.45, 2.75) is 19.3 Å². The third-order valence-electron chi connectivity index (χ3n) is 4.61. The van der Waals surface area contributed by atoms with Crippen LogP contribution in [-0.2, 0) is 6.42 Å². The molecule has 0 atom stereocenters. The number of benzene rings is 1. The largest absolute Gasteiger partial charge is 0.496 e. The number of methoxy groups -OCH3 is 1. The van der Waals surface area contributed by atoms with Gasteiger partial charge >= 0.3 is 0 Å². The quantitative estimate of drug-likeness (QED) is 0.864. The van der Waals surface area contributed by atoms with Crippen LogP contribution in [0.1, 0.15) is 28.8 Å². The zero-order valence-electron chi connectivity index (χ0n) is 13.7. The van der Waals surface area contributed by atoms with E-state index >= 15 is 0 Å². The van der Waals surface area contributed by atoms with Crippen LogP contribution in [0.15, 0.2) is 42.7 Å². The van der Waals surface area contributed by atoms with Gasteiger partial charge in [-0.1, -0.05) is 18.2 Å². The van der Waals surface area contributed by atoms with Gasteiger partial charge in [0, 0.05) is 19.3 Å². The molecule has 2 aromatic rings. The average molecular weight is 328 g/mol. The lowest BCUT2D eigenvalue weighted by atomic mass is 9.89. The molecular formula is C19H21FN2O2. The first-order chi connectivity index (χ1) is 11.7. The fourth-order valence-electron chi connectivity index (χ4n) is 3.24. The molecule has 1 saturated heterocycles. The number of pyridine rings is 1. The van der Waals surface area contributed by atoms with Crippen molar-refractivity contribution < 1.29 is 13.9 Å². The van der Waals surface area contributed by atoms with E-state index in [-0.39, 0.29) is 11.5 Å². The van der Waals surface area contributed by atoms with E-state index < -0.39 is 5.82 Å². The van der Waals surface area contributed by atoms with Crippen LogP contribution < -0.4 is 4.74 Å². The van der Waals surface area contributed by atoms with E-state index in [2.05, 4.69) is 11.1 Å². The van der Waals surface area contributed by atoms with Crippen LogP contribution in [0, 0.1) is 11.7 Å². The number of halogens is 1. The predicted molar refractivity (Wildman–Crippen MR) is 89.5 cm³/mol. The lowest BCUT2D eigenvalue weighted by Crippen LogP contribution is -2.39. The van der Waals surface area contributed by atoms with Gasteiger partial charge in [0.25, 0.3) is 5.91 Å². The maximum absolute atomic E-state index is 13.7. The van der Waals surface area contributed by atoms with Crippen molar-refractivity contribution in [1.82, 2.24) is 9.88 Å². The van der Waals surface area contributed by atoms with Crippen molar-refractivity contribution in [3.8, 4) is 5.75 Å². The van der Waals surface area contributed by atoms with Gasteiger partial charge < -0.3 is 9.64 Å². The average Bonchev–Trinajstić information content (AvgIpc) is 2.63. The standard InChI is InChI=1S/C19H21FN2O2/c1-24-18-5-3-2-4-15(18)12-14-7-10-22(11-8-14)19(23)16-6-9-21-13-17(16)20/h2-6,9,13-14H,7-8,10-12H2,1H3. The molecule has 0 N–H and O–H groups in total. The minimum atomic E-state index is -0.557. The van der Waals surface area contributed by atoms with Crippen LogP contribution in [0.2, 0.25) is 0 Å². The molecule has 1 aliphatic rings. The van der Waals surface area contributed by atoms with E-state index in [1.54, 1.807) is 12.0 Å². The summed E-state index contributed by atoms with van der Waals surface area (Å²) in [4.78, 5) is 17.8. The monoisotopic (exact) mass is 328 g/mol. The van der Waals surface area contributed by atoms with Crippen molar-refractivity contribution in [1.29, 1.82) is 0 Å². The Bertz CT molecular complexity index is 712. The summed E-state index contributed by atoms with van der Waals surface area (Å²) < 4.78 is 19.1. The SMILES string of the molecule is COc1ccccc1CC1CCN(C(=O)c2ccncc2F)CC1. The topological polar surface area (TPSA) is 42.4 Å². The number of amides is 1. The second kappa shape index (κ2) is 7.43. The zero-order valence-corrected chi connectivity index (χ0v) is 13.7. The molecule has 2 heterocycles. The Balaban J connectivity index is 1.60. The predicted octanol–water partition coefficient (Wildman–Crippen LogP) is 3.32. The number of carbonyl (C=O) groups is 1. The van der Waals surface area contributed by atoms with Crippen molar-refractivity contribution in [3.63, 3.8) is 0 Å². The number of hydrogen-bond acceptors (Lipinski definition) is 3. The van der Waals surface area contributed by atoms with Gasteiger partial charge in [-0.25, -0.2) is 4.39 Å². The smallest absolute Gasteiger partial charge is 0.256 e. The molecule has 0 bridgehead atoms. The maximum Gasteiger partial charge on any atom is 0.256 e. The van der Waals surface area contributed by atoms with Gasteiger partial charge in [0.15, 0.2) is 5.82 Å². The van der Waals surface area contributed by atoms with Gasteiger partial charge in [0.2, 0.25) is 0 Å². The van der Waals surface area contributed by atoms with Crippen molar-refractivity contribution in [2.75, 3.05) is 20.2 Å². The van der Waals surface area contributed by atoms with Crippen LogP contribution in [0.5, 0.6) is 5.75 Å². The van der Waals surface area contributed by atoms with E-state index in [9.17, 15) is 9.18 Å². The maximum atomic E-state index is 13.7. The number of para-hydroxylation sites is 1. The summed E-state index contributed by atoms with van der Waals surface area (Å²) in [6.07, 6.45) is 5.30. The highest BCUT2D eigenvalue weighted by Crippen LogP contribution is 2.27. The molecule has 1 aromatic heterocycles. The first-order valence-electron chi connectivity index (χ1n) is 8.19. The zero-order chi connectivity index (χ0) is 16.9. The summed E-state index contributed by atoms with van der Waals surface area (Å²) in [5, 5.41) is 0. The molecule has 0 saturated carbocycles. The number of rotatable bonds is 4. The fourth-order valence-corrected chi connectivity index (χ4v) is 3.24. The normalized spacial score (nSPS) is 15.3. The van der Waals surface area contributed by atoms with E-state index in [0.717, 1.165) is 31.2 Å². The van der Waals surface area contributed by atoms with Crippen LogP contribution in [0.4, 0.5) is 4.39 Å². The Morgan fingerprint density at radius 1 is 1.29 bits per heavy atom. The molecule has 1 fully saturated rings. The molecule has 4 nitrogen and oxygen atoms in total. The van der Waals surface area contributed by atoms with Crippen LogP contribution in [0.3, 0.4) is 0 Å². The molecular weight excluding hydrogens is 307 g/mol. The molecule has 1 amide bonds. The van der Waals surface area contributed by atoms with Crippen molar-refractivity contribution in [3.05, 3.63) is 59.7 Å². The Morgan fingerprint density at radius 3 is 2.75 bits per heavy atom. The number of aromatic nitrogens is 1. The highest BCUT2D eigenvalue weighted by Gasteiger charge is 2.25. The summed E-state index contributed by atoms with van der Waals surface area (Å²) >= 11 is 0. The lowest BCUT2D eigenvalue weighted by molar-refractivity contribution is 0.0685. The Kier molecular flexibility index (Phi) is 5.08. The molecule has 1 aromatic carbocycles. The lowest BCUT2D eigenvalue weighted by Gasteiger charge is -2.32. The van der Waals surface area contributed by atoms with Gasteiger partial charge in [0.1, 0.15) is 5.75 Å². The Morgan fingerprint density at radius 2 is 2.04 bits per heavy atom. The number of likely N-dealkylation sites (tertiary alicyclic amines) is 1. The van der Waals surface area contributed by atoms with Gasteiger partial charge in [-0.3, -0.25) is 9.78 Å². The number of ether oxygens (including phenoxy) is 1. The van der Waals surface area contributed by atoms with E-state index in [1.165, 1.54) is 17.8 Å².